The van der Waals surface area contributed by atoms with Gasteiger partial charge >= 0.3 is 6.01 Å². The average molecular weight is 377 g/mol. The second kappa shape index (κ2) is 8.15. The molecule has 1 aliphatic heterocycles. The third kappa shape index (κ3) is 3.67. The topological polar surface area (TPSA) is 47.5 Å². The summed E-state index contributed by atoms with van der Waals surface area (Å²) < 4.78 is 10.8. The summed E-state index contributed by atoms with van der Waals surface area (Å²) in [6.45, 7) is 7.23. The summed E-state index contributed by atoms with van der Waals surface area (Å²) in [6.07, 6.45) is 1.78. The molecule has 0 N–H and O–H groups in total. The molecular formula is C23H27N3O2. The Bertz CT molecular complexity index is 982. The van der Waals surface area contributed by atoms with Crippen LogP contribution in [0, 0.1) is 13.8 Å². The van der Waals surface area contributed by atoms with Crippen LogP contribution < -0.4 is 9.64 Å². The van der Waals surface area contributed by atoms with Crippen LogP contribution in [0.25, 0.3) is 10.8 Å². The van der Waals surface area contributed by atoms with Gasteiger partial charge in [-0.25, -0.2) is 4.98 Å². The van der Waals surface area contributed by atoms with Gasteiger partial charge in [-0.15, -0.1) is 0 Å². The molecule has 1 aliphatic rings. The Labute approximate surface area is 166 Å². The van der Waals surface area contributed by atoms with E-state index >= 15 is 0 Å². The molecule has 28 heavy (non-hydrogen) atoms. The summed E-state index contributed by atoms with van der Waals surface area (Å²) in [5.74, 6) is 0. The molecule has 0 aliphatic carbocycles. The average Bonchev–Trinajstić information content (AvgIpc) is 2.71. The van der Waals surface area contributed by atoms with Crippen molar-refractivity contribution in [2.45, 2.75) is 33.2 Å². The summed E-state index contributed by atoms with van der Waals surface area (Å²) in [7, 11) is 1.70. The van der Waals surface area contributed by atoms with Crippen molar-refractivity contribution in [3.8, 4) is 6.01 Å². The van der Waals surface area contributed by atoms with E-state index in [0.717, 1.165) is 37.3 Å². The fourth-order valence-electron chi connectivity index (χ4n) is 4.00. The van der Waals surface area contributed by atoms with Gasteiger partial charge < -0.3 is 14.4 Å². The molecule has 0 unspecified atom stereocenters. The lowest BCUT2D eigenvalue weighted by Crippen LogP contribution is -2.32. The van der Waals surface area contributed by atoms with Crippen molar-refractivity contribution < 1.29 is 9.47 Å². The van der Waals surface area contributed by atoms with Gasteiger partial charge in [-0.3, -0.25) is 0 Å². The van der Waals surface area contributed by atoms with Crippen molar-refractivity contribution in [3.05, 3.63) is 58.9 Å². The van der Waals surface area contributed by atoms with Crippen LogP contribution in [-0.4, -0.2) is 36.8 Å². The molecule has 0 atom stereocenters. The SMILES string of the molecule is COCCCOc1nc(C)c2c(n1)CN(c1cccc3cccc(C)c13)CC2. The molecule has 0 saturated carbocycles. The lowest BCUT2D eigenvalue weighted by Gasteiger charge is -2.32. The highest BCUT2D eigenvalue weighted by atomic mass is 16.5. The predicted octanol–water partition coefficient (Wildman–Crippen LogP) is 4.22. The van der Waals surface area contributed by atoms with Gasteiger partial charge in [0.2, 0.25) is 0 Å². The Kier molecular flexibility index (Phi) is 5.44. The van der Waals surface area contributed by atoms with Crippen molar-refractivity contribution in [3.63, 3.8) is 0 Å². The van der Waals surface area contributed by atoms with E-state index in [9.17, 15) is 0 Å². The van der Waals surface area contributed by atoms with E-state index < -0.39 is 0 Å². The minimum Gasteiger partial charge on any atom is -0.463 e. The zero-order chi connectivity index (χ0) is 19.5. The molecule has 0 bridgehead atoms. The minimum atomic E-state index is 0.475. The first-order chi connectivity index (χ1) is 13.7. The Morgan fingerprint density at radius 3 is 2.68 bits per heavy atom. The zero-order valence-electron chi connectivity index (χ0n) is 16.9. The van der Waals surface area contributed by atoms with Crippen molar-refractivity contribution in [1.82, 2.24) is 9.97 Å². The molecule has 0 fully saturated rings. The Morgan fingerprint density at radius 2 is 1.86 bits per heavy atom. The van der Waals surface area contributed by atoms with E-state index in [-0.39, 0.29) is 0 Å². The van der Waals surface area contributed by atoms with Crippen molar-refractivity contribution in [1.29, 1.82) is 0 Å². The monoisotopic (exact) mass is 377 g/mol. The summed E-state index contributed by atoms with van der Waals surface area (Å²) in [5, 5.41) is 2.61. The molecule has 0 amide bonds. The number of benzene rings is 2. The number of methoxy groups -OCH3 is 1. The smallest absolute Gasteiger partial charge is 0.316 e. The van der Waals surface area contributed by atoms with Gasteiger partial charge in [-0.05, 0) is 42.8 Å². The molecule has 1 aromatic heterocycles. The fraction of sp³-hybridized carbons (Fsp3) is 0.391. The van der Waals surface area contributed by atoms with Crippen LogP contribution in [0.1, 0.15) is 28.9 Å². The van der Waals surface area contributed by atoms with Gasteiger partial charge in [0.25, 0.3) is 0 Å². The first kappa shape index (κ1) is 18.7. The van der Waals surface area contributed by atoms with Crippen LogP contribution in [0.4, 0.5) is 5.69 Å². The summed E-state index contributed by atoms with van der Waals surface area (Å²) in [6, 6.07) is 13.5. The largest absolute Gasteiger partial charge is 0.463 e. The normalized spacial score (nSPS) is 13.6. The second-order valence-corrected chi connectivity index (χ2v) is 7.33. The number of rotatable bonds is 6. The molecule has 5 heteroatoms. The van der Waals surface area contributed by atoms with Crippen molar-refractivity contribution in [2.75, 3.05) is 31.8 Å². The fourth-order valence-corrected chi connectivity index (χ4v) is 4.00. The van der Waals surface area contributed by atoms with E-state index in [1.807, 2.05) is 0 Å². The number of fused-ring (bicyclic) bond motifs is 2. The maximum Gasteiger partial charge on any atom is 0.316 e. The highest BCUT2D eigenvalue weighted by molar-refractivity contribution is 5.96. The number of aryl methyl sites for hydroxylation is 2. The molecule has 2 aromatic carbocycles. The van der Waals surface area contributed by atoms with Crippen LogP contribution in [0.5, 0.6) is 6.01 Å². The molecule has 3 aromatic rings. The number of aromatic nitrogens is 2. The van der Waals surface area contributed by atoms with Crippen LogP contribution in [0.2, 0.25) is 0 Å². The third-order valence-electron chi connectivity index (χ3n) is 5.41. The molecule has 5 nitrogen and oxygen atoms in total. The predicted molar refractivity (Wildman–Crippen MR) is 112 cm³/mol. The summed E-state index contributed by atoms with van der Waals surface area (Å²) in [5.41, 5.74) is 5.95. The van der Waals surface area contributed by atoms with Gasteiger partial charge in [-0.1, -0.05) is 30.3 Å². The number of ether oxygens (including phenoxy) is 2. The molecular weight excluding hydrogens is 350 g/mol. The first-order valence-corrected chi connectivity index (χ1v) is 9.89. The van der Waals surface area contributed by atoms with E-state index in [4.69, 9.17) is 14.5 Å². The van der Waals surface area contributed by atoms with Gasteiger partial charge in [0.05, 0.1) is 18.8 Å². The first-order valence-electron chi connectivity index (χ1n) is 9.89. The van der Waals surface area contributed by atoms with E-state index in [1.54, 1.807) is 7.11 Å². The molecule has 0 spiro atoms. The van der Waals surface area contributed by atoms with Crippen LogP contribution in [0.3, 0.4) is 0 Å². The quantitative estimate of drug-likeness (QED) is 0.602. The molecule has 2 heterocycles. The Hall–Kier alpha value is -2.66. The van der Waals surface area contributed by atoms with Gasteiger partial charge in [0.15, 0.2) is 0 Å². The minimum absolute atomic E-state index is 0.475. The standard InChI is InChI=1S/C23H27N3O2/c1-16-7-4-8-18-9-5-10-21(22(16)18)26-12-11-19-17(2)24-23(25-20(19)15-26)28-14-6-13-27-3/h4-5,7-10H,6,11-15H2,1-3H3. The summed E-state index contributed by atoms with van der Waals surface area (Å²) >= 11 is 0. The lowest BCUT2D eigenvalue weighted by molar-refractivity contribution is 0.168. The van der Waals surface area contributed by atoms with Crippen LogP contribution in [-0.2, 0) is 17.7 Å². The lowest BCUT2D eigenvalue weighted by atomic mass is 9.99. The van der Waals surface area contributed by atoms with Crippen molar-refractivity contribution in [2.24, 2.45) is 0 Å². The Balaban J connectivity index is 1.62. The molecule has 0 saturated heterocycles. The van der Waals surface area contributed by atoms with Crippen molar-refractivity contribution >= 4 is 16.5 Å². The van der Waals surface area contributed by atoms with E-state index in [0.29, 0.717) is 19.2 Å². The van der Waals surface area contributed by atoms with Gasteiger partial charge in [0, 0.05) is 43.4 Å². The van der Waals surface area contributed by atoms with E-state index in [2.05, 4.69) is 60.1 Å². The zero-order valence-corrected chi connectivity index (χ0v) is 16.9. The number of anilines is 1. The maximum absolute atomic E-state index is 5.76. The highest BCUT2D eigenvalue weighted by Crippen LogP contribution is 2.33. The van der Waals surface area contributed by atoms with Gasteiger partial charge in [0.1, 0.15) is 0 Å². The molecule has 0 radical (unpaired) electrons. The molecule has 146 valence electrons. The number of hydrogen-bond acceptors (Lipinski definition) is 5. The van der Waals surface area contributed by atoms with Crippen LogP contribution >= 0.6 is 0 Å². The highest BCUT2D eigenvalue weighted by Gasteiger charge is 2.23. The van der Waals surface area contributed by atoms with Gasteiger partial charge in [-0.2, -0.15) is 4.98 Å². The summed E-state index contributed by atoms with van der Waals surface area (Å²) in [4.78, 5) is 11.7. The second-order valence-electron chi connectivity index (χ2n) is 7.33. The van der Waals surface area contributed by atoms with Crippen LogP contribution in [0.15, 0.2) is 36.4 Å². The third-order valence-corrected chi connectivity index (χ3v) is 5.41. The Morgan fingerprint density at radius 1 is 1.04 bits per heavy atom. The number of hydrogen-bond donors (Lipinski definition) is 0. The number of nitrogens with zero attached hydrogens (tertiary/aromatic N) is 3. The maximum atomic E-state index is 5.76. The van der Waals surface area contributed by atoms with E-state index in [1.165, 1.54) is 27.6 Å². The molecule has 4 rings (SSSR count).